The zero-order valence-corrected chi connectivity index (χ0v) is 11.8. The Kier molecular flexibility index (Phi) is 4.80. The summed E-state index contributed by atoms with van der Waals surface area (Å²) in [5.74, 6) is -1.66. The van der Waals surface area contributed by atoms with Crippen LogP contribution in [-0.4, -0.2) is 15.9 Å². The highest BCUT2D eigenvalue weighted by molar-refractivity contribution is 7.84. The molecule has 21 heavy (non-hydrogen) atoms. The maximum absolute atomic E-state index is 13.4. The number of primary amides is 1. The fourth-order valence-electron chi connectivity index (χ4n) is 1.96. The van der Waals surface area contributed by atoms with E-state index in [-0.39, 0.29) is 11.5 Å². The first-order valence-corrected chi connectivity index (χ1v) is 7.62. The van der Waals surface area contributed by atoms with Crippen LogP contribution in [0.3, 0.4) is 0 Å². The molecule has 0 saturated carbocycles. The molecule has 0 fully saturated rings. The van der Waals surface area contributed by atoms with E-state index in [1.54, 1.807) is 0 Å². The molecule has 0 aliphatic rings. The van der Waals surface area contributed by atoms with Gasteiger partial charge < -0.3 is 5.73 Å². The number of benzene rings is 2. The Bertz CT molecular complexity index is 687. The Labute approximate surface area is 123 Å². The van der Waals surface area contributed by atoms with Crippen LogP contribution in [0, 0.1) is 11.6 Å². The Morgan fingerprint density at radius 2 is 1.67 bits per heavy atom. The first kappa shape index (κ1) is 15.3. The lowest BCUT2D eigenvalue weighted by Gasteiger charge is -2.10. The Morgan fingerprint density at radius 3 is 2.29 bits per heavy atom. The monoisotopic (exact) mass is 309 g/mol. The van der Waals surface area contributed by atoms with E-state index in [0.717, 1.165) is 0 Å². The van der Waals surface area contributed by atoms with Crippen LogP contribution in [0.5, 0.6) is 0 Å². The SMILES string of the molecule is NC(=O)CS(=O)Cc1ccc(F)cc1-c1ccc(F)cc1. The molecule has 0 saturated heterocycles. The van der Waals surface area contributed by atoms with Crippen molar-refractivity contribution < 1.29 is 17.8 Å². The van der Waals surface area contributed by atoms with Crippen LogP contribution < -0.4 is 5.73 Å². The van der Waals surface area contributed by atoms with E-state index in [0.29, 0.717) is 16.7 Å². The van der Waals surface area contributed by atoms with E-state index in [2.05, 4.69) is 0 Å². The maximum atomic E-state index is 13.4. The minimum Gasteiger partial charge on any atom is -0.369 e. The standard InChI is InChI=1S/C15H13F2NO2S/c16-12-4-1-10(2-5-12)14-7-13(17)6-3-11(14)8-21(20)9-15(18)19/h1-7H,8-9H2,(H2,18,19). The van der Waals surface area contributed by atoms with Crippen molar-refractivity contribution in [3.05, 3.63) is 59.7 Å². The summed E-state index contributed by atoms with van der Waals surface area (Å²) in [5, 5.41) is 0. The maximum Gasteiger partial charge on any atom is 0.230 e. The average molecular weight is 309 g/mol. The zero-order chi connectivity index (χ0) is 15.4. The Balaban J connectivity index is 2.36. The zero-order valence-electron chi connectivity index (χ0n) is 11.0. The second-order valence-electron chi connectivity index (χ2n) is 4.50. The predicted molar refractivity (Wildman–Crippen MR) is 77.7 cm³/mol. The van der Waals surface area contributed by atoms with Gasteiger partial charge in [-0.15, -0.1) is 0 Å². The van der Waals surface area contributed by atoms with E-state index in [1.807, 2.05) is 0 Å². The fourth-order valence-corrected chi connectivity index (χ4v) is 2.97. The smallest absolute Gasteiger partial charge is 0.230 e. The molecule has 0 radical (unpaired) electrons. The summed E-state index contributed by atoms with van der Waals surface area (Å²) in [4.78, 5) is 10.8. The average Bonchev–Trinajstić information content (AvgIpc) is 2.41. The first-order valence-electron chi connectivity index (χ1n) is 6.13. The minimum atomic E-state index is -1.47. The van der Waals surface area contributed by atoms with Gasteiger partial charge in [0, 0.05) is 16.6 Å². The number of nitrogens with two attached hydrogens (primary N) is 1. The second kappa shape index (κ2) is 6.58. The number of hydrogen-bond acceptors (Lipinski definition) is 2. The van der Waals surface area contributed by atoms with Crippen molar-refractivity contribution in [1.29, 1.82) is 0 Å². The van der Waals surface area contributed by atoms with Gasteiger partial charge in [-0.3, -0.25) is 9.00 Å². The molecule has 110 valence electrons. The molecule has 2 aromatic carbocycles. The van der Waals surface area contributed by atoms with Crippen molar-refractivity contribution in [3.63, 3.8) is 0 Å². The van der Waals surface area contributed by atoms with Crippen molar-refractivity contribution in [3.8, 4) is 11.1 Å². The molecule has 2 N–H and O–H groups in total. The summed E-state index contributed by atoms with van der Waals surface area (Å²) in [6, 6.07) is 9.63. The number of carbonyl (C=O) groups excluding carboxylic acids is 1. The number of hydrogen-bond donors (Lipinski definition) is 1. The van der Waals surface area contributed by atoms with Gasteiger partial charge in [-0.1, -0.05) is 18.2 Å². The third-order valence-electron chi connectivity index (χ3n) is 2.85. The molecular formula is C15H13F2NO2S. The minimum absolute atomic E-state index is 0.0793. The van der Waals surface area contributed by atoms with Crippen molar-refractivity contribution in [1.82, 2.24) is 0 Å². The summed E-state index contributed by atoms with van der Waals surface area (Å²) in [6.07, 6.45) is 0. The molecule has 0 aliphatic carbocycles. The van der Waals surface area contributed by atoms with Crippen LogP contribution >= 0.6 is 0 Å². The van der Waals surface area contributed by atoms with Crippen LogP contribution in [0.15, 0.2) is 42.5 Å². The van der Waals surface area contributed by atoms with Crippen LogP contribution in [0.1, 0.15) is 5.56 Å². The molecule has 0 bridgehead atoms. The normalized spacial score (nSPS) is 12.1. The van der Waals surface area contributed by atoms with E-state index >= 15 is 0 Å². The van der Waals surface area contributed by atoms with Crippen molar-refractivity contribution in [2.24, 2.45) is 5.73 Å². The number of amides is 1. The molecule has 0 aromatic heterocycles. The third-order valence-corrected chi connectivity index (χ3v) is 4.09. The predicted octanol–water partition coefficient (Wildman–Crippen LogP) is 2.37. The quantitative estimate of drug-likeness (QED) is 0.921. The molecule has 1 amide bonds. The molecule has 2 rings (SSSR count). The highest BCUT2D eigenvalue weighted by Crippen LogP contribution is 2.26. The van der Waals surface area contributed by atoms with Gasteiger partial charge >= 0.3 is 0 Å². The van der Waals surface area contributed by atoms with Gasteiger partial charge in [-0.05, 0) is 41.0 Å². The fraction of sp³-hybridized carbons (Fsp3) is 0.133. The van der Waals surface area contributed by atoms with Gasteiger partial charge in [0.25, 0.3) is 0 Å². The molecular weight excluding hydrogens is 296 g/mol. The lowest BCUT2D eigenvalue weighted by atomic mass is 10.0. The van der Waals surface area contributed by atoms with Crippen molar-refractivity contribution in [2.75, 3.05) is 5.75 Å². The molecule has 3 nitrogen and oxygen atoms in total. The van der Waals surface area contributed by atoms with Crippen molar-refractivity contribution >= 4 is 16.7 Å². The van der Waals surface area contributed by atoms with Crippen molar-refractivity contribution in [2.45, 2.75) is 5.75 Å². The van der Waals surface area contributed by atoms with E-state index in [1.165, 1.54) is 42.5 Å². The molecule has 0 spiro atoms. The van der Waals surface area contributed by atoms with Crippen LogP contribution in [0.25, 0.3) is 11.1 Å². The van der Waals surface area contributed by atoms with Gasteiger partial charge in [0.05, 0.1) is 0 Å². The Morgan fingerprint density at radius 1 is 1.05 bits per heavy atom. The van der Waals surface area contributed by atoms with Crippen LogP contribution in [0.4, 0.5) is 8.78 Å². The first-order chi connectivity index (χ1) is 9.95. The van der Waals surface area contributed by atoms with Crippen LogP contribution in [-0.2, 0) is 21.3 Å². The van der Waals surface area contributed by atoms with Gasteiger partial charge in [-0.2, -0.15) is 0 Å². The summed E-state index contributed by atoms with van der Waals surface area (Å²) in [7, 11) is -1.47. The van der Waals surface area contributed by atoms with E-state index in [9.17, 15) is 17.8 Å². The molecule has 6 heteroatoms. The number of carbonyl (C=O) groups is 1. The summed E-state index contributed by atoms with van der Waals surface area (Å²) < 4.78 is 38.2. The second-order valence-corrected chi connectivity index (χ2v) is 5.96. The highest BCUT2D eigenvalue weighted by atomic mass is 32.2. The molecule has 1 atom stereocenters. The molecule has 0 heterocycles. The van der Waals surface area contributed by atoms with E-state index in [4.69, 9.17) is 5.73 Å². The van der Waals surface area contributed by atoms with E-state index < -0.39 is 28.3 Å². The summed E-state index contributed by atoms with van der Waals surface area (Å²) in [6.45, 7) is 0. The summed E-state index contributed by atoms with van der Waals surface area (Å²) >= 11 is 0. The largest absolute Gasteiger partial charge is 0.369 e. The van der Waals surface area contributed by atoms with Crippen LogP contribution in [0.2, 0.25) is 0 Å². The number of halogens is 2. The third kappa shape index (κ3) is 4.19. The lowest BCUT2D eigenvalue weighted by molar-refractivity contribution is -0.115. The highest BCUT2D eigenvalue weighted by Gasteiger charge is 2.12. The number of rotatable bonds is 5. The molecule has 2 aromatic rings. The van der Waals surface area contributed by atoms with Gasteiger partial charge in [0.1, 0.15) is 17.4 Å². The van der Waals surface area contributed by atoms with Gasteiger partial charge in [0.2, 0.25) is 5.91 Å². The molecule has 0 aliphatic heterocycles. The lowest BCUT2D eigenvalue weighted by Crippen LogP contribution is -2.20. The molecule has 1 unspecified atom stereocenters. The van der Waals surface area contributed by atoms with Gasteiger partial charge in [0.15, 0.2) is 0 Å². The topological polar surface area (TPSA) is 60.2 Å². The van der Waals surface area contributed by atoms with Gasteiger partial charge in [-0.25, -0.2) is 8.78 Å². The Hall–Kier alpha value is -2.08. The summed E-state index contributed by atoms with van der Waals surface area (Å²) in [5.41, 5.74) is 6.75.